The van der Waals surface area contributed by atoms with Crippen molar-refractivity contribution in [2.45, 2.75) is 38.0 Å². The maximum atomic E-state index is 12.0. The smallest absolute Gasteiger partial charge is 0.222 e. The predicted molar refractivity (Wildman–Crippen MR) is 91.1 cm³/mol. The molecule has 1 heterocycles. The molecule has 0 radical (unpaired) electrons. The highest BCUT2D eigenvalue weighted by molar-refractivity contribution is 7.99. The van der Waals surface area contributed by atoms with Crippen molar-refractivity contribution in [2.75, 3.05) is 24.2 Å². The van der Waals surface area contributed by atoms with Crippen molar-refractivity contribution < 1.29 is 9.59 Å². The molecule has 0 spiro atoms. The van der Waals surface area contributed by atoms with Gasteiger partial charge in [-0.25, -0.2) is 0 Å². The van der Waals surface area contributed by atoms with Crippen LogP contribution in [0.25, 0.3) is 0 Å². The molecule has 1 aliphatic rings. The van der Waals surface area contributed by atoms with Crippen LogP contribution in [-0.2, 0) is 9.59 Å². The third-order valence-corrected chi connectivity index (χ3v) is 4.89. The highest BCUT2D eigenvalue weighted by Gasteiger charge is 2.19. The molecule has 2 amide bonds. The summed E-state index contributed by atoms with van der Waals surface area (Å²) >= 11 is 1.74. The van der Waals surface area contributed by atoms with E-state index in [1.165, 1.54) is 6.92 Å². The molecule has 22 heavy (non-hydrogen) atoms. The Morgan fingerprint density at radius 3 is 2.73 bits per heavy atom. The van der Waals surface area contributed by atoms with Crippen molar-refractivity contribution in [3.05, 3.63) is 24.3 Å². The number of anilines is 1. The first-order valence-electron chi connectivity index (χ1n) is 7.83. The molecule has 4 nitrogen and oxygen atoms in total. The minimum Gasteiger partial charge on any atom is -0.342 e. The van der Waals surface area contributed by atoms with Gasteiger partial charge in [-0.2, -0.15) is 0 Å². The van der Waals surface area contributed by atoms with Gasteiger partial charge < -0.3 is 10.2 Å². The standard InChI is InChI=1S/C17H24N2O2S/c1-13-3-8-17(21)19(10-9-13)11-12-22-16-6-4-15(5-7-16)18-14(2)20/h4-7,13H,3,8-12H2,1-2H3,(H,18,20)/t13-/m0/s1. The molecular weight excluding hydrogens is 296 g/mol. The van der Waals surface area contributed by atoms with E-state index >= 15 is 0 Å². The van der Waals surface area contributed by atoms with E-state index in [0.717, 1.165) is 42.3 Å². The predicted octanol–water partition coefficient (Wildman–Crippen LogP) is 3.39. The normalized spacial score (nSPS) is 18.9. The third-order valence-electron chi connectivity index (χ3n) is 3.90. The largest absolute Gasteiger partial charge is 0.342 e. The van der Waals surface area contributed by atoms with Crippen molar-refractivity contribution in [3.8, 4) is 0 Å². The summed E-state index contributed by atoms with van der Waals surface area (Å²) in [7, 11) is 0. The Morgan fingerprint density at radius 2 is 2.05 bits per heavy atom. The van der Waals surface area contributed by atoms with E-state index in [9.17, 15) is 9.59 Å². The summed E-state index contributed by atoms with van der Waals surface area (Å²) in [5.74, 6) is 1.79. The summed E-state index contributed by atoms with van der Waals surface area (Å²) in [5.41, 5.74) is 0.813. The zero-order valence-electron chi connectivity index (χ0n) is 13.3. The lowest BCUT2D eigenvalue weighted by Gasteiger charge is -2.20. The van der Waals surface area contributed by atoms with Crippen molar-refractivity contribution in [2.24, 2.45) is 5.92 Å². The third kappa shape index (κ3) is 5.37. The second-order valence-electron chi connectivity index (χ2n) is 5.87. The van der Waals surface area contributed by atoms with Gasteiger partial charge in [0.25, 0.3) is 0 Å². The Bertz CT molecular complexity index is 516. The van der Waals surface area contributed by atoms with Crippen LogP contribution in [0, 0.1) is 5.92 Å². The zero-order chi connectivity index (χ0) is 15.9. The Hall–Kier alpha value is -1.49. The lowest BCUT2D eigenvalue weighted by Crippen LogP contribution is -2.32. The number of amides is 2. The summed E-state index contributed by atoms with van der Waals surface area (Å²) in [4.78, 5) is 26.2. The molecule has 1 saturated heterocycles. The van der Waals surface area contributed by atoms with Crippen molar-refractivity contribution in [1.29, 1.82) is 0 Å². The number of hydrogen-bond acceptors (Lipinski definition) is 3. The molecule has 120 valence electrons. The van der Waals surface area contributed by atoms with Gasteiger partial charge in [0, 0.05) is 42.8 Å². The van der Waals surface area contributed by atoms with Crippen molar-refractivity contribution in [1.82, 2.24) is 4.90 Å². The second kappa shape index (κ2) is 8.22. The van der Waals surface area contributed by atoms with Gasteiger partial charge in [0.05, 0.1) is 0 Å². The SMILES string of the molecule is CC(=O)Nc1ccc(SCCN2CC[C@@H](C)CCC2=O)cc1. The van der Waals surface area contributed by atoms with E-state index in [1.807, 2.05) is 29.2 Å². The lowest BCUT2D eigenvalue weighted by atomic mass is 10.0. The number of thioether (sulfide) groups is 1. The van der Waals surface area contributed by atoms with E-state index < -0.39 is 0 Å². The van der Waals surface area contributed by atoms with Crippen molar-refractivity contribution in [3.63, 3.8) is 0 Å². The molecule has 1 aromatic carbocycles. The van der Waals surface area contributed by atoms with E-state index in [2.05, 4.69) is 12.2 Å². The fourth-order valence-electron chi connectivity index (χ4n) is 2.52. The zero-order valence-corrected chi connectivity index (χ0v) is 14.1. The number of hydrogen-bond donors (Lipinski definition) is 1. The fourth-order valence-corrected chi connectivity index (χ4v) is 3.40. The summed E-state index contributed by atoms with van der Waals surface area (Å²) in [6.07, 6.45) is 2.83. The lowest BCUT2D eigenvalue weighted by molar-refractivity contribution is -0.130. The molecule has 2 rings (SSSR count). The maximum absolute atomic E-state index is 12.0. The number of nitrogens with one attached hydrogen (secondary N) is 1. The second-order valence-corrected chi connectivity index (χ2v) is 7.04. The molecule has 0 unspecified atom stereocenters. The average Bonchev–Trinajstić information content (AvgIpc) is 2.64. The molecule has 1 aromatic rings. The van der Waals surface area contributed by atoms with Crippen LogP contribution in [0.4, 0.5) is 5.69 Å². The van der Waals surface area contributed by atoms with Crippen molar-refractivity contribution >= 4 is 29.3 Å². The van der Waals surface area contributed by atoms with Crippen LogP contribution in [0.1, 0.15) is 33.1 Å². The van der Waals surface area contributed by atoms with Crippen LogP contribution in [0.5, 0.6) is 0 Å². The summed E-state index contributed by atoms with van der Waals surface area (Å²) in [6.45, 7) is 5.43. The topological polar surface area (TPSA) is 49.4 Å². The Morgan fingerprint density at radius 1 is 1.32 bits per heavy atom. The van der Waals surface area contributed by atoms with Gasteiger partial charge in [-0.1, -0.05) is 6.92 Å². The first-order valence-corrected chi connectivity index (χ1v) is 8.81. The molecule has 1 atom stereocenters. The Kier molecular flexibility index (Phi) is 6.31. The van der Waals surface area contributed by atoms with E-state index in [-0.39, 0.29) is 5.91 Å². The molecule has 1 fully saturated rings. The van der Waals surface area contributed by atoms with E-state index in [1.54, 1.807) is 11.8 Å². The number of likely N-dealkylation sites (tertiary alicyclic amines) is 1. The van der Waals surface area contributed by atoms with Gasteiger partial charge in [-0.3, -0.25) is 9.59 Å². The first kappa shape index (κ1) is 16.9. The number of carbonyl (C=O) groups excluding carboxylic acids is 2. The minimum atomic E-state index is -0.0608. The fraction of sp³-hybridized carbons (Fsp3) is 0.529. The van der Waals surface area contributed by atoms with Crippen LogP contribution in [0.2, 0.25) is 0 Å². The molecular formula is C17H24N2O2S. The van der Waals surface area contributed by atoms with Crippen LogP contribution in [0.3, 0.4) is 0 Å². The average molecular weight is 320 g/mol. The van der Waals surface area contributed by atoms with Crippen LogP contribution in [0.15, 0.2) is 29.2 Å². The molecule has 0 aliphatic carbocycles. The van der Waals surface area contributed by atoms with Crippen LogP contribution in [-0.4, -0.2) is 35.6 Å². The summed E-state index contributed by atoms with van der Waals surface area (Å²) in [6, 6.07) is 7.82. The van der Waals surface area contributed by atoms with Gasteiger partial charge >= 0.3 is 0 Å². The number of carbonyl (C=O) groups is 2. The van der Waals surface area contributed by atoms with Gasteiger partial charge in [0.15, 0.2) is 0 Å². The van der Waals surface area contributed by atoms with Gasteiger partial charge in [0.1, 0.15) is 0 Å². The molecule has 1 N–H and O–H groups in total. The maximum Gasteiger partial charge on any atom is 0.222 e. The first-order chi connectivity index (χ1) is 10.5. The molecule has 0 saturated carbocycles. The van der Waals surface area contributed by atoms with Crippen LogP contribution < -0.4 is 5.32 Å². The molecule has 1 aliphatic heterocycles. The molecule has 0 bridgehead atoms. The van der Waals surface area contributed by atoms with Crippen LogP contribution >= 0.6 is 11.8 Å². The highest BCUT2D eigenvalue weighted by atomic mass is 32.2. The number of benzene rings is 1. The number of rotatable bonds is 5. The Labute approximate surface area is 136 Å². The quantitative estimate of drug-likeness (QED) is 0.846. The minimum absolute atomic E-state index is 0.0608. The monoisotopic (exact) mass is 320 g/mol. The van der Waals surface area contributed by atoms with Gasteiger partial charge in [0.2, 0.25) is 11.8 Å². The molecule has 0 aromatic heterocycles. The van der Waals surface area contributed by atoms with E-state index in [4.69, 9.17) is 0 Å². The highest BCUT2D eigenvalue weighted by Crippen LogP contribution is 2.22. The summed E-state index contributed by atoms with van der Waals surface area (Å²) in [5, 5.41) is 2.76. The molecule has 5 heteroatoms. The van der Waals surface area contributed by atoms with Gasteiger partial charge in [-0.05, 0) is 43.0 Å². The van der Waals surface area contributed by atoms with E-state index in [0.29, 0.717) is 18.2 Å². The Balaban J connectivity index is 1.78. The van der Waals surface area contributed by atoms with Gasteiger partial charge in [-0.15, -0.1) is 11.8 Å². The number of nitrogens with zero attached hydrogens (tertiary/aromatic N) is 1. The summed E-state index contributed by atoms with van der Waals surface area (Å²) < 4.78 is 0.